The van der Waals surface area contributed by atoms with E-state index in [1.165, 1.54) is 12.1 Å². The van der Waals surface area contributed by atoms with Crippen LogP contribution in [-0.4, -0.2) is 11.5 Å². The summed E-state index contributed by atoms with van der Waals surface area (Å²) in [5.74, 6) is 0. The molecule has 2 aromatic carbocycles. The van der Waals surface area contributed by atoms with Gasteiger partial charge in [-0.25, -0.2) is 4.52 Å². The molecule has 4 nitrogen and oxygen atoms in total. The molecule has 0 aromatic heterocycles. The third-order valence-corrected chi connectivity index (χ3v) is 4.30. The van der Waals surface area contributed by atoms with E-state index in [1.807, 2.05) is 30.3 Å². The molecule has 0 aliphatic heterocycles. The SMILES string of the molecule is O=[PH](O)OC(F)(F)c1ccc(COCCc2ccccc2)cc1Br. The van der Waals surface area contributed by atoms with Crippen LogP contribution in [0.15, 0.2) is 53.0 Å². The van der Waals surface area contributed by atoms with Crippen molar-refractivity contribution in [1.82, 2.24) is 0 Å². The first-order valence-electron chi connectivity index (χ1n) is 7.09. The van der Waals surface area contributed by atoms with Crippen molar-refractivity contribution in [1.29, 1.82) is 0 Å². The summed E-state index contributed by atoms with van der Waals surface area (Å²) < 4.78 is 47.3. The second-order valence-electron chi connectivity index (χ2n) is 4.99. The Hall–Kier alpha value is -1.11. The van der Waals surface area contributed by atoms with Gasteiger partial charge in [-0.1, -0.05) is 52.3 Å². The minimum Gasteiger partial charge on any atom is -0.376 e. The lowest BCUT2D eigenvalue weighted by atomic mass is 10.1. The summed E-state index contributed by atoms with van der Waals surface area (Å²) in [5, 5.41) is 0. The van der Waals surface area contributed by atoms with E-state index in [1.54, 1.807) is 0 Å². The molecule has 0 radical (unpaired) electrons. The molecule has 0 spiro atoms. The van der Waals surface area contributed by atoms with Crippen LogP contribution in [0.3, 0.4) is 0 Å². The molecule has 8 heteroatoms. The zero-order valence-electron chi connectivity index (χ0n) is 12.5. The fourth-order valence-corrected chi connectivity index (χ4v) is 3.06. The molecule has 0 saturated heterocycles. The summed E-state index contributed by atoms with van der Waals surface area (Å²) >= 11 is 3.03. The number of hydrogen-bond donors (Lipinski definition) is 1. The normalized spacial score (nSPS) is 13.0. The molecule has 0 fully saturated rings. The second-order valence-corrected chi connectivity index (χ2v) is 6.58. The smallest absolute Gasteiger partial charge is 0.376 e. The van der Waals surface area contributed by atoms with Gasteiger partial charge in [0.1, 0.15) is 0 Å². The molecule has 0 aliphatic rings. The first-order chi connectivity index (χ1) is 11.4. The highest BCUT2D eigenvalue weighted by molar-refractivity contribution is 9.10. The van der Waals surface area contributed by atoms with Gasteiger partial charge in [-0.3, -0.25) is 4.57 Å². The third-order valence-electron chi connectivity index (χ3n) is 3.21. The lowest BCUT2D eigenvalue weighted by Crippen LogP contribution is -2.15. The molecule has 0 bridgehead atoms. The summed E-state index contributed by atoms with van der Waals surface area (Å²) in [6.45, 7) is 0.782. The molecule has 24 heavy (non-hydrogen) atoms. The molecule has 2 aromatic rings. The third kappa shape index (κ3) is 5.76. The Morgan fingerprint density at radius 3 is 2.46 bits per heavy atom. The van der Waals surface area contributed by atoms with E-state index in [9.17, 15) is 13.3 Å². The van der Waals surface area contributed by atoms with Crippen molar-refractivity contribution in [2.45, 2.75) is 19.1 Å². The number of alkyl halides is 2. The largest absolute Gasteiger partial charge is 0.390 e. The zero-order chi connectivity index (χ0) is 17.6. The Kier molecular flexibility index (Phi) is 7.07. The predicted molar refractivity (Wildman–Crippen MR) is 90.1 cm³/mol. The molecule has 0 saturated carbocycles. The van der Waals surface area contributed by atoms with E-state index in [0.29, 0.717) is 12.2 Å². The van der Waals surface area contributed by atoms with Gasteiger partial charge in [0.15, 0.2) is 0 Å². The van der Waals surface area contributed by atoms with Crippen LogP contribution in [-0.2, 0) is 33.0 Å². The highest BCUT2D eigenvalue weighted by atomic mass is 79.9. The van der Waals surface area contributed by atoms with Crippen molar-refractivity contribution in [2.24, 2.45) is 0 Å². The highest BCUT2D eigenvalue weighted by Crippen LogP contribution is 2.40. The average molecular weight is 421 g/mol. The van der Waals surface area contributed by atoms with Crippen LogP contribution in [0.25, 0.3) is 0 Å². The van der Waals surface area contributed by atoms with E-state index in [-0.39, 0.29) is 11.1 Å². The van der Waals surface area contributed by atoms with Crippen molar-refractivity contribution < 1.29 is 27.5 Å². The van der Waals surface area contributed by atoms with Gasteiger partial charge in [0.05, 0.1) is 18.8 Å². The quantitative estimate of drug-likeness (QED) is 0.498. The number of hydrogen-bond acceptors (Lipinski definition) is 3. The Bertz CT molecular complexity index is 698. The summed E-state index contributed by atoms with van der Waals surface area (Å²) in [6, 6.07) is 13.9. The number of benzene rings is 2. The van der Waals surface area contributed by atoms with Gasteiger partial charge in [-0.15, -0.1) is 0 Å². The summed E-state index contributed by atoms with van der Waals surface area (Å²) in [6.07, 6.45) is -3.08. The average Bonchev–Trinajstić information content (AvgIpc) is 2.51. The summed E-state index contributed by atoms with van der Waals surface area (Å²) in [5.41, 5.74) is 1.35. The van der Waals surface area contributed by atoms with Crippen LogP contribution >= 0.6 is 24.2 Å². The molecule has 0 aliphatic carbocycles. The Morgan fingerprint density at radius 2 is 1.83 bits per heavy atom. The molecule has 1 N–H and O–H groups in total. The van der Waals surface area contributed by atoms with E-state index < -0.39 is 19.9 Å². The Balaban J connectivity index is 1.91. The number of rotatable bonds is 8. The molecule has 2 rings (SSSR count). The summed E-state index contributed by atoms with van der Waals surface area (Å²) in [7, 11) is -3.75. The monoisotopic (exact) mass is 420 g/mol. The maximum Gasteiger partial charge on any atom is 0.390 e. The van der Waals surface area contributed by atoms with Crippen LogP contribution in [0.2, 0.25) is 0 Å². The Morgan fingerprint density at radius 1 is 1.12 bits per heavy atom. The van der Waals surface area contributed by atoms with Gasteiger partial charge in [0.2, 0.25) is 0 Å². The van der Waals surface area contributed by atoms with Gasteiger partial charge < -0.3 is 9.63 Å². The molecule has 0 amide bonds. The lowest BCUT2D eigenvalue weighted by molar-refractivity contribution is -0.186. The van der Waals surface area contributed by atoms with Crippen LogP contribution in [0.4, 0.5) is 8.78 Å². The van der Waals surface area contributed by atoms with E-state index >= 15 is 0 Å². The minimum absolute atomic E-state index is 0.0832. The molecular weight excluding hydrogens is 405 g/mol. The zero-order valence-corrected chi connectivity index (χ0v) is 15.1. The topological polar surface area (TPSA) is 55.8 Å². The van der Waals surface area contributed by atoms with Crippen LogP contribution < -0.4 is 0 Å². The summed E-state index contributed by atoms with van der Waals surface area (Å²) in [4.78, 5) is 8.54. The van der Waals surface area contributed by atoms with Crippen molar-refractivity contribution in [3.05, 3.63) is 69.7 Å². The van der Waals surface area contributed by atoms with Crippen molar-refractivity contribution in [3.8, 4) is 0 Å². The minimum atomic E-state index is -3.84. The first kappa shape index (κ1) is 19.2. The maximum absolute atomic E-state index is 13.7. The van der Waals surface area contributed by atoms with E-state index in [2.05, 4.69) is 20.5 Å². The standard InChI is InChI=1S/C16H16BrF2O4P/c17-15-10-13(6-7-14(15)16(18,19)23-24(20)21)11-22-9-8-12-4-2-1-3-5-12/h1-7,10,24H,8-9,11H2,(H,20,21). The van der Waals surface area contributed by atoms with Crippen molar-refractivity contribution in [2.75, 3.05) is 6.61 Å². The molecular formula is C16H16BrF2O4P. The lowest BCUT2D eigenvalue weighted by Gasteiger charge is -2.17. The van der Waals surface area contributed by atoms with Gasteiger partial charge in [-0.05, 0) is 29.7 Å². The van der Waals surface area contributed by atoms with Crippen LogP contribution in [0.1, 0.15) is 16.7 Å². The first-order valence-corrected chi connectivity index (χ1v) is 9.14. The fraction of sp³-hybridized carbons (Fsp3) is 0.250. The maximum atomic E-state index is 13.7. The van der Waals surface area contributed by atoms with Crippen molar-refractivity contribution in [3.63, 3.8) is 0 Å². The van der Waals surface area contributed by atoms with Gasteiger partial charge in [0, 0.05) is 4.47 Å². The van der Waals surface area contributed by atoms with E-state index in [4.69, 9.17) is 9.63 Å². The van der Waals surface area contributed by atoms with Crippen LogP contribution in [0.5, 0.6) is 0 Å². The fourth-order valence-electron chi connectivity index (χ4n) is 2.07. The molecule has 0 heterocycles. The molecule has 1 atom stereocenters. The predicted octanol–water partition coefficient (Wildman–Crippen LogP) is 4.66. The highest BCUT2D eigenvalue weighted by Gasteiger charge is 2.37. The van der Waals surface area contributed by atoms with Crippen molar-refractivity contribution >= 4 is 24.2 Å². The van der Waals surface area contributed by atoms with E-state index in [0.717, 1.165) is 18.1 Å². The van der Waals surface area contributed by atoms with Crippen LogP contribution in [0, 0.1) is 0 Å². The second kappa shape index (κ2) is 8.83. The van der Waals surface area contributed by atoms with Gasteiger partial charge >= 0.3 is 14.4 Å². The number of halogens is 3. The number of ether oxygens (including phenoxy) is 1. The molecule has 1 unspecified atom stereocenters. The van der Waals surface area contributed by atoms with Gasteiger partial charge in [0.25, 0.3) is 0 Å². The Labute approximate surface area is 147 Å². The molecule has 130 valence electrons. The van der Waals surface area contributed by atoms with Gasteiger partial charge in [-0.2, -0.15) is 8.78 Å².